The summed E-state index contributed by atoms with van der Waals surface area (Å²) >= 11 is 0. The predicted octanol–water partition coefficient (Wildman–Crippen LogP) is -2.40. The van der Waals surface area contributed by atoms with Gasteiger partial charge in [-0.05, 0) is 98.2 Å². The fraction of sp³-hybridized carbons (Fsp3) is 0.897. The highest BCUT2D eigenvalue weighted by atomic mass is 16.8. The zero-order valence-corrected chi connectivity index (χ0v) is 49.1. The Hall–Kier alpha value is -2.46. The summed E-state index contributed by atoms with van der Waals surface area (Å²) in [7, 11) is 0. The van der Waals surface area contributed by atoms with Gasteiger partial charge in [0.2, 0.25) is 0 Å². The van der Waals surface area contributed by atoms with Crippen molar-refractivity contribution in [2.24, 2.45) is 50.2 Å². The normalized spacial score (nSPS) is 51.9. The van der Waals surface area contributed by atoms with Crippen LogP contribution in [0.2, 0.25) is 0 Å². The van der Waals surface area contributed by atoms with Crippen molar-refractivity contribution in [3.05, 3.63) is 23.3 Å². The third-order valence-corrected chi connectivity index (χ3v) is 22.2. The lowest BCUT2D eigenvalue weighted by atomic mass is 9.32. The number of aliphatic carboxylic acids is 1. The van der Waals surface area contributed by atoms with Crippen LogP contribution in [0.5, 0.6) is 0 Å². The molecule has 4 saturated heterocycles. The zero-order valence-electron chi connectivity index (χ0n) is 49.1. The molecule has 30 unspecified atom stereocenters. The van der Waals surface area contributed by atoms with E-state index in [9.17, 15) is 86.2 Å². The van der Waals surface area contributed by atoms with Crippen LogP contribution in [0.15, 0.2) is 23.3 Å². The molecule has 84 heavy (non-hydrogen) atoms. The Morgan fingerprint density at radius 2 is 1.24 bits per heavy atom. The average molecular weight is 1210 g/mol. The van der Waals surface area contributed by atoms with E-state index in [2.05, 4.69) is 33.8 Å². The first kappa shape index (κ1) is 66.0. The molecule has 4 heterocycles. The number of fused-ring (bicyclic) bond motifs is 7. The predicted molar refractivity (Wildman–Crippen MR) is 285 cm³/mol. The molecule has 15 N–H and O–H groups in total. The molecule has 5 aliphatic carbocycles. The SMILES string of the molecule is CC=C(C)C(=O)OC1CC(C)(C)CC2C3=CCC4C5(C)CCC(OC6OC(C(=O)O)C(O)C(O)C6OC6OC(CO)C(O)C(OC7OCC(O)C(O)C7OC7OC(CO)C(O)C(O)C7O)C6O)C(C)(C)C5CCC4(C)C3(C)C(O)C(O)C12CO. The molecule has 30 atom stereocenters. The summed E-state index contributed by atoms with van der Waals surface area (Å²) < 4.78 is 53.8. The number of hydrogen-bond donors (Lipinski definition) is 15. The molecule has 0 bridgehead atoms. The van der Waals surface area contributed by atoms with Crippen molar-refractivity contribution < 1.29 is 129 Å². The van der Waals surface area contributed by atoms with Gasteiger partial charge < -0.3 is 119 Å². The third kappa shape index (κ3) is 10.6. The topological polar surface area (TPSA) is 421 Å². The minimum Gasteiger partial charge on any atom is -0.479 e. The summed E-state index contributed by atoms with van der Waals surface area (Å²) in [6.07, 6.45) is -33.0. The van der Waals surface area contributed by atoms with Crippen molar-refractivity contribution in [3.8, 4) is 0 Å². The molecule has 0 amide bonds. The van der Waals surface area contributed by atoms with Crippen LogP contribution >= 0.6 is 0 Å². The van der Waals surface area contributed by atoms with Crippen LogP contribution in [0, 0.1) is 50.2 Å². The number of allylic oxidation sites excluding steroid dienone is 2. The highest BCUT2D eigenvalue weighted by Gasteiger charge is 2.75. The lowest BCUT2D eigenvalue weighted by Gasteiger charge is -2.73. The van der Waals surface area contributed by atoms with Crippen LogP contribution in [-0.2, 0) is 52.2 Å². The quantitative estimate of drug-likeness (QED) is 0.0373. The number of aliphatic hydroxyl groups excluding tert-OH is 14. The lowest BCUT2D eigenvalue weighted by molar-refractivity contribution is -0.394. The van der Waals surface area contributed by atoms with Gasteiger partial charge in [-0.25, -0.2) is 9.59 Å². The van der Waals surface area contributed by atoms with E-state index in [4.69, 9.17) is 42.6 Å². The van der Waals surface area contributed by atoms with Crippen LogP contribution in [-0.4, -0.2) is 256 Å². The highest BCUT2D eigenvalue weighted by molar-refractivity contribution is 5.87. The minimum absolute atomic E-state index is 0.0871. The van der Waals surface area contributed by atoms with Crippen molar-refractivity contribution in [3.63, 3.8) is 0 Å². The summed E-state index contributed by atoms with van der Waals surface area (Å²) in [5.74, 6) is -2.86. The number of carboxylic acid groups (broad SMARTS) is 1. The van der Waals surface area contributed by atoms with Crippen LogP contribution < -0.4 is 0 Å². The van der Waals surface area contributed by atoms with Crippen molar-refractivity contribution in [1.29, 1.82) is 0 Å². The van der Waals surface area contributed by atoms with E-state index >= 15 is 0 Å². The maximum absolute atomic E-state index is 13.4. The summed E-state index contributed by atoms with van der Waals surface area (Å²) in [6.45, 7) is 15.1. The Balaban J connectivity index is 0.967. The van der Waals surface area contributed by atoms with Gasteiger partial charge in [-0.1, -0.05) is 66.2 Å². The summed E-state index contributed by atoms with van der Waals surface area (Å²) in [5, 5.41) is 167. The van der Waals surface area contributed by atoms with Gasteiger partial charge in [-0.3, -0.25) is 0 Å². The number of carboxylic acids is 1. The second kappa shape index (κ2) is 24.1. The molecule has 0 radical (unpaired) electrons. The molecule has 4 saturated carbocycles. The van der Waals surface area contributed by atoms with E-state index < -0.39 is 212 Å². The molecule has 4 aliphatic heterocycles. The van der Waals surface area contributed by atoms with Crippen LogP contribution in [0.3, 0.4) is 0 Å². The van der Waals surface area contributed by atoms with E-state index in [1.54, 1.807) is 19.9 Å². The molecule has 9 rings (SSSR count). The van der Waals surface area contributed by atoms with Gasteiger partial charge in [0, 0.05) is 11.0 Å². The molecular weight excluding hydrogens is 1110 g/mol. The molecule has 26 heteroatoms. The van der Waals surface area contributed by atoms with Crippen LogP contribution in [0.1, 0.15) is 107 Å². The summed E-state index contributed by atoms with van der Waals surface area (Å²) in [4.78, 5) is 26.1. The van der Waals surface area contributed by atoms with Crippen molar-refractivity contribution >= 4 is 11.9 Å². The van der Waals surface area contributed by atoms with Gasteiger partial charge in [0.25, 0.3) is 0 Å². The maximum atomic E-state index is 13.4. The fourth-order valence-corrected chi connectivity index (χ4v) is 17.1. The molecule has 0 aromatic carbocycles. The number of carbonyl (C=O) groups is 2. The maximum Gasteiger partial charge on any atom is 0.335 e. The molecule has 0 aromatic heterocycles. The van der Waals surface area contributed by atoms with Crippen LogP contribution in [0.25, 0.3) is 0 Å². The number of aliphatic hydroxyl groups is 14. The molecule has 480 valence electrons. The first-order valence-corrected chi connectivity index (χ1v) is 29.5. The number of hydrogen-bond acceptors (Lipinski definition) is 25. The van der Waals surface area contributed by atoms with Gasteiger partial charge in [0.1, 0.15) is 91.6 Å². The second-order valence-corrected chi connectivity index (χ2v) is 27.5. The first-order valence-electron chi connectivity index (χ1n) is 29.5. The minimum atomic E-state index is -2.15. The molecular formula is C58H92O26. The monoisotopic (exact) mass is 1200 g/mol. The Kier molecular flexibility index (Phi) is 18.9. The molecule has 0 spiro atoms. The van der Waals surface area contributed by atoms with E-state index in [1.807, 2.05) is 20.8 Å². The molecule has 8 fully saturated rings. The zero-order chi connectivity index (χ0) is 61.9. The van der Waals surface area contributed by atoms with Crippen molar-refractivity contribution in [2.75, 3.05) is 26.4 Å². The number of esters is 1. The smallest absolute Gasteiger partial charge is 0.335 e. The van der Waals surface area contributed by atoms with Crippen molar-refractivity contribution in [1.82, 2.24) is 0 Å². The van der Waals surface area contributed by atoms with Gasteiger partial charge in [-0.2, -0.15) is 0 Å². The first-order chi connectivity index (χ1) is 39.2. The Bertz CT molecular complexity index is 2420. The largest absolute Gasteiger partial charge is 0.479 e. The number of ether oxygens (including phenoxy) is 9. The van der Waals surface area contributed by atoms with E-state index in [-0.39, 0.29) is 17.3 Å². The standard InChI is InChI=1S/C58H92O26/c1-10-23(2)48(75)79-32-18-53(3,4)17-25-24-11-12-30-55(7)15-14-31(54(5,6)29(55)13-16-56(30,8)57(24,9)45(71)46(72)58(25,32)22-61)80-52-44(38(68)37(67)42(82-52)47(73)74)84-50-40(70)41(35(65)28(20-60)78-50)81-51-43(33(63)26(62)21-76-51)83-49-39(69)36(66)34(64)27(19-59)77-49/h10-11,25-46,49-52,59-72H,12-22H2,1-9H3,(H,73,74). The van der Waals surface area contributed by atoms with Gasteiger partial charge in [0.15, 0.2) is 31.3 Å². The Labute approximate surface area is 487 Å². The van der Waals surface area contributed by atoms with E-state index in [0.29, 0.717) is 50.5 Å². The lowest BCUT2D eigenvalue weighted by Crippen LogP contribution is -2.74. The molecule has 0 aromatic rings. The Morgan fingerprint density at radius 3 is 1.85 bits per heavy atom. The van der Waals surface area contributed by atoms with Crippen LogP contribution in [0.4, 0.5) is 0 Å². The molecule has 26 nitrogen and oxygen atoms in total. The van der Waals surface area contributed by atoms with E-state index in [0.717, 1.165) is 5.57 Å². The number of carbonyl (C=O) groups excluding carboxylic acids is 1. The number of rotatable bonds is 14. The second-order valence-electron chi connectivity index (χ2n) is 27.5. The fourth-order valence-electron chi connectivity index (χ4n) is 17.1. The Morgan fingerprint density at radius 1 is 0.631 bits per heavy atom. The van der Waals surface area contributed by atoms with Gasteiger partial charge >= 0.3 is 11.9 Å². The van der Waals surface area contributed by atoms with Gasteiger partial charge in [0.05, 0.1) is 50.2 Å². The summed E-state index contributed by atoms with van der Waals surface area (Å²) in [6, 6.07) is 0. The third-order valence-electron chi connectivity index (χ3n) is 22.2. The van der Waals surface area contributed by atoms with Gasteiger partial charge in [-0.15, -0.1) is 0 Å². The molecule has 9 aliphatic rings. The summed E-state index contributed by atoms with van der Waals surface area (Å²) in [5.41, 5.74) is -3.32. The van der Waals surface area contributed by atoms with Crippen molar-refractivity contribution in [2.45, 2.75) is 248 Å². The average Bonchev–Trinajstić information content (AvgIpc) is 0.677. The van der Waals surface area contributed by atoms with E-state index in [1.165, 1.54) is 0 Å². The highest BCUT2D eigenvalue weighted by Crippen LogP contribution is 2.76.